The van der Waals surface area contributed by atoms with Crippen LogP contribution in [-0.2, 0) is 6.54 Å². The van der Waals surface area contributed by atoms with Gasteiger partial charge in [-0.05, 0) is 49.5 Å². The molecule has 19 heavy (non-hydrogen) atoms. The molecule has 4 heteroatoms. The Morgan fingerprint density at radius 1 is 1.42 bits per heavy atom. The topological polar surface area (TPSA) is 29.3 Å². The molecule has 2 nitrogen and oxygen atoms in total. The van der Waals surface area contributed by atoms with E-state index >= 15 is 0 Å². The Hall–Kier alpha value is -0.640. The molecule has 0 aliphatic heterocycles. The number of hydrogen-bond acceptors (Lipinski definition) is 2. The van der Waals surface area contributed by atoms with Gasteiger partial charge in [-0.15, -0.1) is 0 Å². The summed E-state index contributed by atoms with van der Waals surface area (Å²) in [6.45, 7) is 4.63. The Kier molecular flexibility index (Phi) is 5.20. The molecule has 0 bridgehead atoms. The zero-order valence-electron chi connectivity index (χ0n) is 11.4. The zero-order valence-corrected chi connectivity index (χ0v) is 12.2. The number of hydrogen-bond donors (Lipinski definition) is 1. The molecule has 106 valence electrons. The number of nitrogens with zero attached hydrogens (tertiary/aromatic N) is 1. The van der Waals surface area contributed by atoms with Gasteiger partial charge in [0.15, 0.2) is 0 Å². The van der Waals surface area contributed by atoms with Gasteiger partial charge in [0, 0.05) is 12.6 Å². The van der Waals surface area contributed by atoms with E-state index in [1.54, 1.807) is 6.07 Å². The molecule has 1 aromatic rings. The van der Waals surface area contributed by atoms with Gasteiger partial charge < -0.3 is 5.73 Å². The van der Waals surface area contributed by atoms with Crippen molar-refractivity contribution in [1.82, 2.24) is 4.90 Å². The second-order valence-electron chi connectivity index (χ2n) is 5.31. The van der Waals surface area contributed by atoms with Crippen LogP contribution >= 0.6 is 11.6 Å². The first-order chi connectivity index (χ1) is 9.15. The lowest BCUT2D eigenvalue weighted by atomic mass is 10.0. The summed E-state index contributed by atoms with van der Waals surface area (Å²) in [5.41, 5.74) is 6.83. The van der Waals surface area contributed by atoms with Crippen molar-refractivity contribution in [2.24, 2.45) is 11.7 Å². The molecule has 1 aliphatic carbocycles. The van der Waals surface area contributed by atoms with Gasteiger partial charge in [-0.1, -0.05) is 31.0 Å². The number of rotatable bonds is 5. The number of nitrogens with two attached hydrogens (primary N) is 1. The molecule has 2 N–H and O–H groups in total. The van der Waals surface area contributed by atoms with Crippen LogP contribution in [0, 0.1) is 11.7 Å². The highest BCUT2D eigenvalue weighted by Gasteiger charge is 2.30. The van der Waals surface area contributed by atoms with Crippen molar-refractivity contribution < 1.29 is 4.39 Å². The molecule has 0 radical (unpaired) electrons. The van der Waals surface area contributed by atoms with Gasteiger partial charge in [0.05, 0.1) is 5.02 Å². The fourth-order valence-corrected chi connectivity index (χ4v) is 3.23. The van der Waals surface area contributed by atoms with Gasteiger partial charge in [0.25, 0.3) is 0 Å². The van der Waals surface area contributed by atoms with Gasteiger partial charge in [-0.25, -0.2) is 4.39 Å². The fourth-order valence-electron chi connectivity index (χ4n) is 3.11. The minimum Gasteiger partial charge on any atom is -0.330 e. The van der Waals surface area contributed by atoms with E-state index in [4.69, 9.17) is 17.3 Å². The van der Waals surface area contributed by atoms with Gasteiger partial charge in [0.1, 0.15) is 5.82 Å². The maximum Gasteiger partial charge on any atom is 0.142 e. The number of benzene rings is 1. The Morgan fingerprint density at radius 3 is 2.84 bits per heavy atom. The maximum atomic E-state index is 13.5. The highest BCUT2D eigenvalue weighted by Crippen LogP contribution is 2.30. The monoisotopic (exact) mass is 284 g/mol. The molecule has 0 amide bonds. The molecule has 1 aliphatic rings. The van der Waals surface area contributed by atoms with Crippen molar-refractivity contribution in [3.05, 3.63) is 34.6 Å². The summed E-state index contributed by atoms with van der Waals surface area (Å²) in [5, 5.41) is 0.187. The third-order valence-corrected chi connectivity index (χ3v) is 4.47. The fraction of sp³-hybridized carbons (Fsp3) is 0.600. The molecule has 2 unspecified atom stereocenters. The predicted molar refractivity (Wildman–Crippen MR) is 77.7 cm³/mol. The van der Waals surface area contributed by atoms with E-state index in [0.717, 1.165) is 25.2 Å². The quantitative estimate of drug-likeness (QED) is 0.898. The zero-order chi connectivity index (χ0) is 13.8. The Labute approximate surface area is 119 Å². The molecule has 1 saturated carbocycles. The largest absolute Gasteiger partial charge is 0.330 e. The molecule has 0 aromatic heterocycles. The Bertz CT molecular complexity index is 425. The van der Waals surface area contributed by atoms with Crippen LogP contribution < -0.4 is 5.73 Å². The highest BCUT2D eigenvalue weighted by atomic mass is 35.5. The van der Waals surface area contributed by atoms with Crippen LogP contribution in [0.2, 0.25) is 5.02 Å². The second kappa shape index (κ2) is 6.69. The lowest BCUT2D eigenvalue weighted by Crippen LogP contribution is -2.39. The third-order valence-electron chi connectivity index (χ3n) is 4.17. The van der Waals surface area contributed by atoms with Crippen LogP contribution in [0.25, 0.3) is 0 Å². The van der Waals surface area contributed by atoms with Crippen LogP contribution in [-0.4, -0.2) is 24.0 Å². The van der Waals surface area contributed by atoms with Gasteiger partial charge in [-0.3, -0.25) is 4.90 Å². The first-order valence-corrected chi connectivity index (χ1v) is 7.41. The summed E-state index contributed by atoms with van der Waals surface area (Å²) in [5.74, 6) is 0.245. The van der Waals surface area contributed by atoms with Crippen molar-refractivity contribution in [1.29, 1.82) is 0 Å². The first kappa shape index (κ1) is 14.8. The molecular weight excluding hydrogens is 263 g/mol. The minimum absolute atomic E-state index is 0.187. The summed E-state index contributed by atoms with van der Waals surface area (Å²) in [6.07, 6.45) is 3.66. The molecule has 1 fully saturated rings. The van der Waals surface area contributed by atoms with E-state index in [2.05, 4.69) is 11.8 Å². The van der Waals surface area contributed by atoms with Crippen LogP contribution in [0.1, 0.15) is 31.7 Å². The average molecular weight is 285 g/mol. The smallest absolute Gasteiger partial charge is 0.142 e. The van der Waals surface area contributed by atoms with E-state index in [9.17, 15) is 4.39 Å². The van der Waals surface area contributed by atoms with E-state index in [0.29, 0.717) is 12.0 Å². The van der Waals surface area contributed by atoms with Crippen molar-refractivity contribution in [2.75, 3.05) is 13.1 Å². The predicted octanol–water partition coefficient (Wildman–Crippen LogP) is 3.43. The van der Waals surface area contributed by atoms with Crippen LogP contribution in [0.15, 0.2) is 18.2 Å². The van der Waals surface area contributed by atoms with Crippen molar-refractivity contribution in [3.8, 4) is 0 Å². The summed E-state index contributed by atoms with van der Waals surface area (Å²) >= 11 is 5.72. The first-order valence-electron chi connectivity index (χ1n) is 7.03. The second-order valence-corrected chi connectivity index (χ2v) is 5.71. The molecule has 0 heterocycles. The van der Waals surface area contributed by atoms with Gasteiger partial charge >= 0.3 is 0 Å². The molecule has 2 atom stereocenters. The lowest BCUT2D eigenvalue weighted by molar-refractivity contribution is 0.162. The van der Waals surface area contributed by atoms with Crippen LogP contribution in [0.3, 0.4) is 0 Å². The average Bonchev–Trinajstić information content (AvgIpc) is 2.88. The normalized spacial score (nSPS) is 23.2. The summed E-state index contributed by atoms with van der Waals surface area (Å²) in [6, 6.07) is 5.61. The van der Waals surface area contributed by atoms with E-state index in [-0.39, 0.29) is 10.8 Å². The standard InChI is InChI=1S/C15H22ClFN2/c1-2-19(15-5-3-4-12(15)9-18)10-11-6-7-13(16)14(17)8-11/h6-8,12,15H,2-5,9-10,18H2,1H3. The van der Waals surface area contributed by atoms with Crippen molar-refractivity contribution in [2.45, 2.75) is 38.8 Å². The highest BCUT2D eigenvalue weighted by molar-refractivity contribution is 6.30. The molecule has 0 spiro atoms. The minimum atomic E-state index is -0.336. The van der Waals surface area contributed by atoms with Crippen molar-refractivity contribution in [3.63, 3.8) is 0 Å². The molecule has 0 saturated heterocycles. The molecule has 1 aromatic carbocycles. The van der Waals surface area contributed by atoms with Crippen molar-refractivity contribution >= 4 is 11.6 Å². The Morgan fingerprint density at radius 2 is 2.21 bits per heavy atom. The van der Waals surface area contributed by atoms with Gasteiger partial charge in [-0.2, -0.15) is 0 Å². The van der Waals surface area contributed by atoms with Gasteiger partial charge in [0.2, 0.25) is 0 Å². The van der Waals surface area contributed by atoms with Crippen LogP contribution in [0.5, 0.6) is 0 Å². The summed E-state index contributed by atoms with van der Waals surface area (Å²) in [7, 11) is 0. The maximum absolute atomic E-state index is 13.5. The molecular formula is C15H22ClFN2. The Balaban J connectivity index is 2.08. The van der Waals surface area contributed by atoms with E-state index in [1.165, 1.54) is 25.3 Å². The summed E-state index contributed by atoms with van der Waals surface area (Å²) < 4.78 is 13.5. The SMILES string of the molecule is CCN(Cc1ccc(Cl)c(F)c1)C1CCCC1CN. The van der Waals surface area contributed by atoms with Crippen LogP contribution in [0.4, 0.5) is 4.39 Å². The van der Waals surface area contributed by atoms with E-state index in [1.807, 2.05) is 6.07 Å². The lowest BCUT2D eigenvalue weighted by Gasteiger charge is -2.31. The molecule has 2 rings (SSSR count). The number of halogens is 2. The van der Waals surface area contributed by atoms with E-state index < -0.39 is 0 Å². The third kappa shape index (κ3) is 3.47. The summed E-state index contributed by atoms with van der Waals surface area (Å²) in [4.78, 5) is 2.41.